The average molecular weight is 436 g/mol. The third kappa shape index (κ3) is 3.99. The molecule has 0 spiro atoms. The van der Waals surface area contributed by atoms with Crippen molar-refractivity contribution in [3.8, 4) is 5.88 Å². The molecule has 160 valence electrons. The summed E-state index contributed by atoms with van der Waals surface area (Å²) in [6.45, 7) is 2.57. The van der Waals surface area contributed by atoms with Gasteiger partial charge in [0.1, 0.15) is 0 Å². The van der Waals surface area contributed by atoms with Gasteiger partial charge in [-0.2, -0.15) is 5.10 Å². The molecule has 5 rings (SSSR count). The van der Waals surface area contributed by atoms with E-state index in [9.17, 15) is 4.79 Å². The van der Waals surface area contributed by atoms with E-state index in [1.54, 1.807) is 24.5 Å². The van der Waals surface area contributed by atoms with Gasteiger partial charge in [-0.05, 0) is 32.3 Å². The van der Waals surface area contributed by atoms with E-state index in [1.165, 1.54) is 14.9 Å². The number of fused-ring (bicyclic) bond motifs is 1. The van der Waals surface area contributed by atoms with Crippen molar-refractivity contribution in [3.63, 3.8) is 0 Å². The second kappa shape index (κ2) is 7.92. The molecule has 1 aromatic carbocycles. The molecule has 0 radical (unpaired) electrons. The van der Waals surface area contributed by atoms with E-state index in [0.717, 1.165) is 34.6 Å². The molecule has 31 heavy (non-hydrogen) atoms. The molecule has 0 saturated heterocycles. The van der Waals surface area contributed by atoms with Crippen LogP contribution in [0.25, 0.3) is 10.9 Å². The first kappa shape index (κ1) is 19.9. The molecule has 1 fully saturated rings. The molecular weight excluding hydrogens is 410 g/mol. The molecule has 3 heterocycles. The largest absolute Gasteiger partial charge is 0.476 e. The summed E-state index contributed by atoms with van der Waals surface area (Å²) < 4.78 is 9.34. The highest BCUT2D eigenvalue weighted by Gasteiger charge is 2.42. The van der Waals surface area contributed by atoms with Crippen LogP contribution in [0, 0.1) is 12.8 Å². The summed E-state index contributed by atoms with van der Waals surface area (Å²) in [7, 11) is 3.67. The van der Waals surface area contributed by atoms with E-state index in [1.807, 2.05) is 30.9 Å². The molecule has 0 aliphatic heterocycles. The Morgan fingerprint density at radius 2 is 2.00 bits per heavy atom. The number of rotatable bonds is 7. The quantitative estimate of drug-likeness (QED) is 0.445. The third-order valence-electron chi connectivity index (χ3n) is 5.93. The van der Waals surface area contributed by atoms with Crippen LogP contribution in [0.4, 0.5) is 0 Å². The monoisotopic (exact) mass is 435 g/mol. The van der Waals surface area contributed by atoms with Gasteiger partial charge >= 0.3 is 0 Å². The second-order valence-electron chi connectivity index (χ2n) is 8.22. The highest BCUT2D eigenvalue weighted by molar-refractivity contribution is 7.11. The molecule has 7 nitrogen and oxygen atoms in total. The van der Waals surface area contributed by atoms with Gasteiger partial charge in [0.05, 0.1) is 22.8 Å². The number of hydrogen-bond donors (Lipinski definition) is 0. The van der Waals surface area contributed by atoms with E-state index in [2.05, 4.69) is 28.3 Å². The second-order valence-corrected chi connectivity index (χ2v) is 9.54. The Hall–Kier alpha value is -3.00. The Kier molecular flexibility index (Phi) is 5.09. The fraction of sp³-hybridized carbons (Fsp3) is 0.391. The minimum atomic E-state index is -0.0714. The fourth-order valence-electron chi connectivity index (χ4n) is 4.14. The number of thiazole rings is 1. The normalized spacial score (nSPS) is 17.9. The van der Waals surface area contributed by atoms with Crippen LogP contribution in [0.2, 0.25) is 0 Å². The van der Waals surface area contributed by atoms with Crippen LogP contribution in [0.5, 0.6) is 5.88 Å². The Morgan fingerprint density at radius 1 is 1.16 bits per heavy atom. The molecular formula is C23H25N5O2S. The SMILES string of the molecule is Cc1ncc(CCc2cc(OC[C@H]3C[C@@H]3c3nn(C)c4ccccc34)nn(C)c2=O)s1. The van der Waals surface area contributed by atoms with Crippen LogP contribution >= 0.6 is 11.3 Å². The summed E-state index contributed by atoms with van der Waals surface area (Å²) in [5, 5.41) is 11.3. The van der Waals surface area contributed by atoms with Crippen LogP contribution in [-0.2, 0) is 26.9 Å². The van der Waals surface area contributed by atoms with Gasteiger partial charge < -0.3 is 4.74 Å². The minimum Gasteiger partial charge on any atom is -0.476 e. The number of aromatic nitrogens is 5. The average Bonchev–Trinajstić information content (AvgIpc) is 3.29. The number of ether oxygens (including phenoxy) is 1. The highest BCUT2D eigenvalue weighted by Crippen LogP contribution is 2.48. The van der Waals surface area contributed by atoms with Crippen LogP contribution < -0.4 is 10.3 Å². The van der Waals surface area contributed by atoms with Crippen molar-refractivity contribution in [2.75, 3.05) is 6.61 Å². The lowest BCUT2D eigenvalue weighted by Crippen LogP contribution is -2.24. The van der Waals surface area contributed by atoms with Gasteiger partial charge in [0.15, 0.2) is 0 Å². The van der Waals surface area contributed by atoms with E-state index in [0.29, 0.717) is 30.7 Å². The standard InChI is InChI=1S/C23H25N5O2S/c1-14-24-12-17(31-14)9-8-15-11-21(25-28(3)23(15)29)30-13-16-10-19(16)22-18-6-4-5-7-20(18)27(2)26-22/h4-7,11-12,16,19H,8-10,13H2,1-3H3/t16-,19+/m1/s1. The zero-order valence-corrected chi connectivity index (χ0v) is 18.7. The first-order valence-corrected chi connectivity index (χ1v) is 11.3. The molecule has 0 unspecified atom stereocenters. The van der Waals surface area contributed by atoms with Gasteiger partial charge in [-0.15, -0.1) is 16.4 Å². The van der Waals surface area contributed by atoms with Crippen LogP contribution in [0.15, 0.2) is 41.3 Å². The molecule has 3 aromatic heterocycles. The van der Waals surface area contributed by atoms with Crippen LogP contribution in [0.3, 0.4) is 0 Å². The van der Waals surface area contributed by atoms with E-state index in [-0.39, 0.29) is 5.56 Å². The number of nitrogens with zero attached hydrogens (tertiary/aromatic N) is 5. The van der Waals surface area contributed by atoms with E-state index >= 15 is 0 Å². The lowest BCUT2D eigenvalue weighted by Gasteiger charge is -2.09. The molecule has 0 bridgehead atoms. The summed E-state index contributed by atoms with van der Waals surface area (Å²) in [4.78, 5) is 18.0. The summed E-state index contributed by atoms with van der Waals surface area (Å²) >= 11 is 1.67. The Balaban J connectivity index is 1.25. The van der Waals surface area contributed by atoms with Crippen molar-refractivity contribution >= 4 is 22.2 Å². The molecule has 8 heteroatoms. The lowest BCUT2D eigenvalue weighted by atomic mass is 10.1. The summed E-state index contributed by atoms with van der Waals surface area (Å²) in [6, 6.07) is 10.1. The summed E-state index contributed by atoms with van der Waals surface area (Å²) in [5.74, 6) is 1.34. The number of benzene rings is 1. The van der Waals surface area contributed by atoms with Gasteiger partial charge in [-0.1, -0.05) is 18.2 Å². The topological polar surface area (TPSA) is 74.8 Å². The summed E-state index contributed by atoms with van der Waals surface area (Å²) in [6.07, 6.45) is 4.39. The van der Waals surface area contributed by atoms with Crippen molar-refractivity contribution in [2.24, 2.45) is 20.0 Å². The predicted octanol–water partition coefficient (Wildman–Crippen LogP) is 3.40. The molecule has 4 aromatic rings. The smallest absolute Gasteiger partial charge is 0.269 e. The number of para-hydroxylation sites is 1. The molecule has 0 N–H and O–H groups in total. The highest BCUT2D eigenvalue weighted by atomic mass is 32.1. The van der Waals surface area contributed by atoms with Crippen molar-refractivity contribution < 1.29 is 4.74 Å². The van der Waals surface area contributed by atoms with Gasteiger partial charge in [0, 0.05) is 54.0 Å². The number of hydrogen-bond acceptors (Lipinski definition) is 6. The molecule has 1 aliphatic carbocycles. The van der Waals surface area contributed by atoms with E-state index < -0.39 is 0 Å². The van der Waals surface area contributed by atoms with Crippen molar-refractivity contribution in [2.45, 2.75) is 32.1 Å². The fourth-order valence-corrected chi connectivity index (χ4v) is 4.94. The molecule has 1 saturated carbocycles. The Bertz CT molecular complexity index is 1310. The molecule has 0 amide bonds. The zero-order chi connectivity index (χ0) is 21.5. The lowest BCUT2D eigenvalue weighted by molar-refractivity contribution is 0.277. The summed E-state index contributed by atoms with van der Waals surface area (Å²) in [5.41, 5.74) is 2.96. The molecule has 2 atom stereocenters. The zero-order valence-electron chi connectivity index (χ0n) is 17.9. The van der Waals surface area contributed by atoms with Crippen LogP contribution in [-0.4, -0.2) is 31.2 Å². The maximum absolute atomic E-state index is 12.5. The molecule has 1 aliphatic rings. The third-order valence-corrected chi connectivity index (χ3v) is 6.90. The Morgan fingerprint density at radius 3 is 2.81 bits per heavy atom. The minimum absolute atomic E-state index is 0.0714. The maximum Gasteiger partial charge on any atom is 0.269 e. The first-order chi connectivity index (χ1) is 15.0. The van der Waals surface area contributed by atoms with Gasteiger partial charge in [0.25, 0.3) is 5.56 Å². The number of aryl methyl sites for hydroxylation is 5. The van der Waals surface area contributed by atoms with Gasteiger partial charge in [0.2, 0.25) is 5.88 Å². The van der Waals surface area contributed by atoms with Crippen molar-refractivity contribution in [1.29, 1.82) is 0 Å². The van der Waals surface area contributed by atoms with E-state index in [4.69, 9.17) is 9.84 Å². The first-order valence-electron chi connectivity index (χ1n) is 10.5. The van der Waals surface area contributed by atoms with Crippen LogP contribution in [0.1, 0.15) is 33.5 Å². The maximum atomic E-state index is 12.5. The van der Waals surface area contributed by atoms with Gasteiger partial charge in [-0.3, -0.25) is 9.48 Å². The predicted molar refractivity (Wildman–Crippen MR) is 121 cm³/mol. The Labute approximate surface area is 184 Å². The van der Waals surface area contributed by atoms with Crippen molar-refractivity contribution in [3.05, 3.63) is 68.0 Å². The van der Waals surface area contributed by atoms with Crippen molar-refractivity contribution in [1.82, 2.24) is 24.5 Å². The van der Waals surface area contributed by atoms with Gasteiger partial charge in [-0.25, -0.2) is 9.67 Å².